The molecule has 30 heavy (non-hydrogen) atoms. The summed E-state index contributed by atoms with van der Waals surface area (Å²) in [6.45, 7) is 0.770. The van der Waals surface area contributed by atoms with Gasteiger partial charge in [0.1, 0.15) is 17.8 Å². The van der Waals surface area contributed by atoms with Crippen LogP contribution in [-0.4, -0.2) is 71.5 Å². The maximum Gasteiger partial charge on any atom is 0.333 e. The van der Waals surface area contributed by atoms with E-state index in [0.717, 1.165) is 0 Å². The number of carbonyl (C=O) groups excluding carboxylic acids is 1. The summed E-state index contributed by atoms with van der Waals surface area (Å²) in [6, 6.07) is 1.36. The van der Waals surface area contributed by atoms with Crippen molar-refractivity contribution in [3.8, 4) is 0 Å². The third-order valence-corrected chi connectivity index (χ3v) is 5.26. The monoisotopic (exact) mass is 440 g/mol. The summed E-state index contributed by atoms with van der Waals surface area (Å²) in [6.07, 6.45) is 4.37. The van der Waals surface area contributed by atoms with Crippen LogP contribution in [0, 0.1) is 5.92 Å². The maximum absolute atomic E-state index is 12.9. The largest absolute Gasteiger partial charge is 0.393 e. The first kappa shape index (κ1) is 22.2. The Bertz CT molecular complexity index is 981. The summed E-state index contributed by atoms with van der Waals surface area (Å²) in [5.41, 5.74) is 0.489. The summed E-state index contributed by atoms with van der Waals surface area (Å²) in [4.78, 5) is 21.0. The zero-order valence-electron chi connectivity index (χ0n) is 16.3. The van der Waals surface area contributed by atoms with E-state index in [0.29, 0.717) is 31.8 Å². The van der Waals surface area contributed by atoms with Crippen LogP contribution in [0.25, 0.3) is 0 Å². The number of methoxy groups -OCH3 is 1. The average Bonchev–Trinajstić information content (AvgIpc) is 3.30. The Morgan fingerprint density at radius 3 is 2.97 bits per heavy atom. The SMILES string of the molecule is COCCn1ccc(C(=O)c2cncnc2N[C@@H]2C[C@H](COS(N)(=O)=O)[C@@H](O)C2)n1. The number of nitrogens with two attached hydrogens (primary N) is 1. The molecule has 0 aromatic carbocycles. The van der Waals surface area contributed by atoms with Crippen LogP contribution in [-0.2, 0) is 25.8 Å². The summed E-state index contributed by atoms with van der Waals surface area (Å²) in [5, 5.41) is 22.4. The predicted octanol–water partition coefficient (Wildman–Crippen LogP) is -0.678. The Morgan fingerprint density at radius 1 is 1.43 bits per heavy atom. The topological polar surface area (TPSA) is 172 Å². The average molecular weight is 440 g/mol. The van der Waals surface area contributed by atoms with Gasteiger partial charge in [-0.2, -0.15) is 13.5 Å². The predicted molar refractivity (Wildman–Crippen MR) is 105 cm³/mol. The molecule has 0 radical (unpaired) electrons. The number of nitrogens with zero attached hydrogens (tertiary/aromatic N) is 4. The third kappa shape index (κ3) is 5.79. The van der Waals surface area contributed by atoms with E-state index in [2.05, 4.69) is 24.6 Å². The molecule has 4 N–H and O–H groups in total. The molecule has 1 aliphatic rings. The molecule has 0 unspecified atom stereocenters. The van der Waals surface area contributed by atoms with Crippen LogP contribution in [0.5, 0.6) is 0 Å². The van der Waals surface area contributed by atoms with Crippen molar-refractivity contribution in [1.82, 2.24) is 19.7 Å². The Hall–Kier alpha value is -2.45. The van der Waals surface area contributed by atoms with Crippen LogP contribution in [0.2, 0.25) is 0 Å². The number of hydrogen-bond donors (Lipinski definition) is 3. The third-order valence-electron chi connectivity index (χ3n) is 4.80. The molecule has 13 heteroatoms. The normalized spacial score (nSPS) is 21.6. The van der Waals surface area contributed by atoms with E-state index >= 15 is 0 Å². The molecule has 2 aromatic heterocycles. The minimum absolute atomic E-state index is 0.216. The fraction of sp³-hybridized carbons (Fsp3) is 0.529. The molecule has 0 saturated heterocycles. The van der Waals surface area contributed by atoms with Gasteiger partial charge < -0.3 is 15.2 Å². The Balaban J connectivity index is 1.68. The number of aromatic nitrogens is 4. The highest BCUT2D eigenvalue weighted by Crippen LogP contribution is 2.29. The fourth-order valence-corrected chi connectivity index (χ4v) is 3.68. The van der Waals surface area contributed by atoms with Gasteiger partial charge in [-0.1, -0.05) is 0 Å². The van der Waals surface area contributed by atoms with Crippen molar-refractivity contribution in [2.24, 2.45) is 11.1 Å². The van der Waals surface area contributed by atoms with E-state index in [1.807, 2.05) is 0 Å². The maximum atomic E-state index is 12.9. The summed E-state index contributed by atoms with van der Waals surface area (Å²) in [7, 11) is -2.49. The second kappa shape index (κ2) is 9.57. The van der Waals surface area contributed by atoms with E-state index in [1.54, 1.807) is 24.1 Å². The lowest BCUT2D eigenvalue weighted by molar-refractivity contribution is 0.101. The van der Waals surface area contributed by atoms with Crippen LogP contribution in [0.3, 0.4) is 0 Å². The molecular formula is C17H24N6O6S. The molecule has 0 spiro atoms. The van der Waals surface area contributed by atoms with Crippen molar-refractivity contribution in [3.63, 3.8) is 0 Å². The lowest BCUT2D eigenvalue weighted by atomic mass is 10.1. The number of ketones is 1. The van der Waals surface area contributed by atoms with Gasteiger partial charge in [0.15, 0.2) is 0 Å². The Labute approximate surface area is 173 Å². The highest BCUT2D eigenvalue weighted by atomic mass is 32.2. The second-order valence-electron chi connectivity index (χ2n) is 6.99. The van der Waals surface area contributed by atoms with Gasteiger partial charge in [-0.3, -0.25) is 13.7 Å². The minimum atomic E-state index is -4.08. The highest BCUT2D eigenvalue weighted by Gasteiger charge is 2.34. The van der Waals surface area contributed by atoms with Crippen molar-refractivity contribution < 1.29 is 27.2 Å². The molecule has 3 atom stereocenters. The Kier molecular flexibility index (Phi) is 7.10. The molecule has 0 aliphatic heterocycles. The van der Waals surface area contributed by atoms with Gasteiger partial charge >= 0.3 is 10.3 Å². The Morgan fingerprint density at radius 2 is 2.23 bits per heavy atom. The zero-order valence-corrected chi connectivity index (χ0v) is 17.2. The summed E-state index contributed by atoms with van der Waals surface area (Å²) >= 11 is 0. The molecule has 2 heterocycles. The minimum Gasteiger partial charge on any atom is -0.393 e. The number of rotatable bonds is 10. The standard InChI is InChI=1S/C17H24N6O6S/c1-28-5-4-23-3-2-14(22-23)16(25)13-8-19-10-20-17(13)21-12-6-11(15(24)7-12)9-29-30(18,26)27/h2-3,8,10-12,15,24H,4-7,9H2,1H3,(H2,18,26,27)(H,19,20,21)/t11-,12-,15+/m1/s1. The molecule has 164 valence electrons. The molecule has 3 rings (SSSR count). The van der Waals surface area contributed by atoms with Gasteiger partial charge in [0.2, 0.25) is 5.78 Å². The van der Waals surface area contributed by atoms with Crippen molar-refractivity contribution in [3.05, 3.63) is 36.0 Å². The fourth-order valence-electron chi connectivity index (χ4n) is 3.32. The number of ether oxygens (including phenoxy) is 1. The van der Waals surface area contributed by atoms with Gasteiger partial charge in [-0.25, -0.2) is 15.1 Å². The first-order valence-corrected chi connectivity index (χ1v) is 10.7. The molecular weight excluding hydrogens is 416 g/mol. The van der Waals surface area contributed by atoms with Crippen molar-refractivity contribution >= 4 is 21.9 Å². The number of nitrogens with one attached hydrogen (secondary N) is 1. The van der Waals surface area contributed by atoms with Gasteiger partial charge in [0, 0.05) is 31.5 Å². The first-order chi connectivity index (χ1) is 14.3. The van der Waals surface area contributed by atoms with E-state index in [-0.39, 0.29) is 29.7 Å². The van der Waals surface area contributed by atoms with Crippen molar-refractivity contribution in [2.45, 2.75) is 31.5 Å². The van der Waals surface area contributed by atoms with E-state index in [4.69, 9.17) is 9.88 Å². The molecule has 1 aliphatic carbocycles. The quantitative estimate of drug-likeness (QED) is 0.402. The van der Waals surface area contributed by atoms with Crippen LogP contribution < -0.4 is 10.5 Å². The molecule has 1 saturated carbocycles. The van der Waals surface area contributed by atoms with Crippen LogP contribution in [0.1, 0.15) is 28.9 Å². The van der Waals surface area contributed by atoms with Crippen LogP contribution in [0.4, 0.5) is 5.82 Å². The van der Waals surface area contributed by atoms with Crippen molar-refractivity contribution in [2.75, 3.05) is 25.6 Å². The summed E-state index contributed by atoms with van der Waals surface area (Å²) < 4.78 is 33.1. The summed E-state index contributed by atoms with van der Waals surface area (Å²) in [5.74, 6) is -0.452. The van der Waals surface area contributed by atoms with Gasteiger partial charge in [0.25, 0.3) is 0 Å². The smallest absolute Gasteiger partial charge is 0.333 e. The van der Waals surface area contributed by atoms with Crippen LogP contribution >= 0.6 is 0 Å². The lowest BCUT2D eigenvalue weighted by Gasteiger charge is -2.15. The van der Waals surface area contributed by atoms with E-state index < -0.39 is 22.3 Å². The molecule has 0 bridgehead atoms. The van der Waals surface area contributed by atoms with Gasteiger partial charge in [0.05, 0.1) is 31.4 Å². The zero-order chi connectivity index (χ0) is 21.7. The van der Waals surface area contributed by atoms with Crippen LogP contribution in [0.15, 0.2) is 24.8 Å². The molecule has 2 aromatic rings. The molecule has 12 nitrogen and oxygen atoms in total. The molecule has 1 fully saturated rings. The van der Waals surface area contributed by atoms with Crippen molar-refractivity contribution in [1.29, 1.82) is 0 Å². The lowest BCUT2D eigenvalue weighted by Crippen LogP contribution is -2.24. The van der Waals surface area contributed by atoms with Gasteiger partial charge in [-0.05, 0) is 18.9 Å². The van der Waals surface area contributed by atoms with Gasteiger partial charge in [-0.15, -0.1) is 0 Å². The number of aliphatic hydroxyl groups is 1. The number of carbonyl (C=O) groups is 1. The number of hydrogen-bond acceptors (Lipinski definition) is 10. The van der Waals surface area contributed by atoms with E-state index in [9.17, 15) is 18.3 Å². The highest BCUT2D eigenvalue weighted by molar-refractivity contribution is 7.84. The second-order valence-corrected chi connectivity index (χ2v) is 8.21. The van der Waals surface area contributed by atoms with E-state index in [1.165, 1.54) is 12.5 Å². The number of aliphatic hydroxyl groups excluding tert-OH is 1. The first-order valence-electron chi connectivity index (χ1n) is 9.25. The molecule has 0 amide bonds. The number of anilines is 1.